The number of ether oxygens (including phenoxy) is 1. The van der Waals surface area contributed by atoms with E-state index in [0.717, 1.165) is 29.5 Å². The van der Waals surface area contributed by atoms with E-state index in [1.54, 1.807) is 13.3 Å². The third-order valence-electron chi connectivity index (χ3n) is 3.89. The van der Waals surface area contributed by atoms with Gasteiger partial charge in [-0.15, -0.1) is 24.0 Å². The molecule has 0 aliphatic heterocycles. The molecule has 2 N–H and O–H groups in total. The van der Waals surface area contributed by atoms with Crippen molar-refractivity contribution in [3.05, 3.63) is 40.8 Å². The van der Waals surface area contributed by atoms with Gasteiger partial charge in [0.05, 0.1) is 19.3 Å². The van der Waals surface area contributed by atoms with Gasteiger partial charge in [-0.05, 0) is 26.8 Å². The number of aromatic nitrogens is 3. The summed E-state index contributed by atoms with van der Waals surface area (Å²) in [7, 11) is 3.58. The number of pyridine rings is 1. The first-order chi connectivity index (χ1) is 11.6. The molecule has 2 aromatic rings. The molecule has 25 heavy (non-hydrogen) atoms. The lowest BCUT2D eigenvalue weighted by molar-refractivity contribution is 0.392. The number of guanidine groups is 1. The minimum Gasteiger partial charge on any atom is -0.481 e. The highest BCUT2D eigenvalue weighted by Gasteiger charge is 2.10. The quantitative estimate of drug-likeness (QED) is 0.395. The molecule has 138 valence electrons. The first-order valence-electron chi connectivity index (χ1n) is 8.06. The van der Waals surface area contributed by atoms with Crippen LogP contribution in [0.2, 0.25) is 0 Å². The summed E-state index contributed by atoms with van der Waals surface area (Å²) < 4.78 is 7.17. The van der Waals surface area contributed by atoms with Crippen LogP contribution in [0.1, 0.15) is 29.4 Å². The summed E-state index contributed by atoms with van der Waals surface area (Å²) in [5.41, 5.74) is 4.34. The van der Waals surface area contributed by atoms with Gasteiger partial charge < -0.3 is 15.4 Å². The molecule has 0 saturated heterocycles. The lowest BCUT2D eigenvalue weighted by Gasteiger charge is -2.12. The SMILES string of the molecule is CCNC(=NCc1cccnc1OC)NCc1c(C)nn(C)c1C.I. The number of nitrogens with one attached hydrogen (secondary N) is 2. The van der Waals surface area contributed by atoms with E-state index in [1.807, 2.05) is 37.7 Å². The lowest BCUT2D eigenvalue weighted by Crippen LogP contribution is -2.37. The van der Waals surface area contributed by atoms with Crippen LogP contribution in [0.3, 0.4) is 0 Å². The number of hydrogen-bond donors (Lipinski definition) is 2. The van der Waals surface area contributed by atoms with Gasteiger partial charge in [-0.1, -0.05) is 6.07 Å². The summed E-state index contributed by atoms with van der Waals surface area (Å²) in [5, 5.41) is 11.1. The highest BCUT2D eigenvalue weighted by Crippen LogP contribution is 2.14. The molecular formula is C17H27IN6O. The predicted octanol–water partition coefficient (Wildman–Crippen LogP) is 2.31. The second-order valence-electron chi connectivity index (χ2n) is 5.49. The number of rotatable bonds is 6. The van der Waals surface area contributed by atoms with Gasteiger partial charge in [-0.3, -0.25) is 4.68 Å². The van der Waals surface area contributed by atoms with Crippen molar-refractivity contribution in [2.24, 2.45) is 12.0 Å². The van der Waals surface area contributed by atoms with E-state index in [-0.39, 0.29) is 24.0 Å². The van der Waals surface area contributed by atoms with Crippen molar-refractivity contribution >= 4 is 29.9 Å². The van der Waals surface area contributed by atoms with Gasteiger partial charge in [0.15, 0.2) is 5.96 Å². The Morgan fingerprint density at radius 2 is 2.08 bits per heavy atom. The van der Waals surface area contributed by atoms with Crippen molar-refractivity contribution < 1.29 is 4.74 Å². The fourth-order valence-corrected chi connectivity index (χ4v) is 2.48. The molecule has 7 nitrogen and oxygen atoms in total. The zero-order chi connectivity index (χ0) is 17.5. The van der Waals surface area contributed by atoms with Gasteiger partial charge in [0, 0.05) is 43.2 Å². The fourth-order valence-electron chi connectivity index (χ4n) is 2.48. The molecule has 0 fully saturated rings. The van der Waals surface area contributed by atoms with E-state index in [0.29, 0.717) is 19.0 Å². The normalized spacial score (nSPS) is 11.0. The number of aryl methyl sites for hydroxylation is 2. The van der Waals surface area contributed by atoms with Crippen molar-refractivity contribution in [1.82, 2.24) is 25.4 Å². The van der Waals surface area contributed by atoms with Crippen molar-refractivity contribution in [1.29, 1.82) is 0 Å². The molecule has 0 spiro atoms. The van der Waals surface area contributed by atoms with Crippen LogP contribution in [0.15, 0.2) is 23.3 Å². The summed E-state index contributed by atoms with van der Waals surface area (Å²) in [6, 6.07) is 3.85. The largest absolute Gasteiger partial charge is 0.481 e. The molecule has 8 heteroatoms. The minimum atomic E-state index is 0. The van der Waals surface area contributed by atoms with Gasteiger partial charge in [0.2, 0.25) is 5.88 Å². The van der Waals surface area contributed by atoms with Crippen LogP contribution in [0, 0.1) is 13.8 Å². The van der Waals surface area contributed by atoms with Crippen LogP contribution in [0.25, 0.3) is 0 Å². The lowest BCUT2D eigenvalue weighted by atomic mass is 10.2. The Kier molecular flexibility index (Phi) is 8.67. The Labute approximate surface area is 166 Å². The van der Waals surface area contributed by atoms with Crippen LogP contribution in [0.5, 0.6) is 5.88 Å². The summed E-state index contributed by atoms with van der Waals surface area (Å²) in [6.45, 7) is 8.11. The molecule has 0 aromatic carbocycles. The molecule has 0 aliphatic rings. The predicted molar refractivity (Wildman–Crippen MR) is 111 cm³/mol. The standard InChI is InChI=1S/C17H26N6O.HI/c1-6-18-17(20-10-14-8-7-9-19-16(14)24-5)21-11-15-12(2)22-23(4)13(15)3;/h7-9H,6,10-11H2,1-5H3,(H2,18,20,21);1H. The molecule has 0 aliphatic carbocycles. The molecule has 0 saturated carbocycles. The number of aliphatic imine (C=N–C) groups is 1. The highest BCUT2D eigenvalue weighted by atomic mass is 127. The zero-order valence-corrected chi connectivity index (χ0v) is 17.8. The van der Waals surface area contributed by atoms with Crippen molar-refractivity contribution in [2.45, 2.75) is 33.9 Å². The molecule has 0 radical (unpaired) electrons. The van der Waals surface area contributed by atoms with E-state index in [9.17, 15) is 0 Å². The second-order valence-corrected chi connectivity index (χ2v) is 5.49. The van der Waals surface area contributed by atoms with E-state index in [1.165, 1.54) is 5.56 Å². The summed E-state index contributed by atoms with van der Waals surface area (Å²) in [5.74, 6) is 1.36. The van der Waals surface area contributed by atoms with Gasteiger partial charge in [0.25, 0.3) is 0 Å². The average Bonchev–Trinajstić information content (AvgIpc) is 2.83. The maximum Gasteiger partial charge on any atom is 0.218 e. The van der Waals surface area contributed by atoms with E-state index >= 15 is 0 Å². The van der Waals surface area contributed by atoms with Crippen LogP contribution in [-0.4, -0.2) is 34.4 Å². The van der Waals surface area contributed by atoms with E-state index < -0.39 is 0 Å². The third kappa shape index (κ3) is 5.58. The number of hydrogen-bond acceptors (Lipinski definition) is 4. The summed E-state index contributed by atoms with van der Waals surface area (Å²) in [4.78, 5) is 8.82. The Morgan fingerprint density at radius 1 is 1.32 bits per heavy atom. The smallest absolute Gasteiger partial charge is 0.218 e. The Balaban J connectivity index is 0.00000312. The maximum absolute atomic E-state index is 5.27. The third-order valence-corrected chi connectivity index (χ3v) is 3.89. The fraction of sp³-hybridized carbons (Fsp3) is 0.471. The van der Waals surface area contributed by atoms with Gasteiger partial charge in [0.1, 0.15) is 0 Å². The number of nitrogens with zero attached hydrogens (tertiary/aromatic N) is 4. The summed E-state index contributed by atoms with van der Waals surface area (Å²) >= 11 is 0. The van der Waals surface area contributed by atoms with Gasteiger partial charge >= 0.3 is 0 Å². The molecule has 0 amide bonds. The maximum atomic E-state index is 5.27. The molecule has 2 rings (SSSR count). The highest BCUT2D eigenvalue weighted by molar-refractivity contribution is 14.0. The Hall–Kier alpha value is -1.84. The van der Waals surface area contributed by atoms with Gasteiger partial charge in [-0.2, -0.15) is 5.10 Å². The van der Waals surface area contributed by atoms with Crippen LogP contribution in [0.4, 0.5) is 0 Å². The van der Waals surface area contributed by atoms with E-state index in [4.69, 9.17) is 4.74 Å². The number of methoxy groups -OCH3 is 1. The van der Waals surface area contributed by atoms with Gasteiger partial charge in [-0.25, -0.2) is 9.98 Å². The Morgan fingerprint density at radius 3 is 2.68 bits per heavy atom. The molecule has 0 atom stereocenters. The molecule has 2 heterocycles. The van der Waals surface area contributed by atoms with Crippen LogP contribution in [-0.2, 0) is 20.1 Å². The minimum absolute atomic E-state index is 0. The second kappa shape index (κ2) is 10.2. The Bertz CT molecular complexity index is 713. The van der Waals surface area contributed by atoms with Crippen LogP contribution < -0.4 is 15.4 Å². The molecule has 0 bridgehead atoms. The molecule has 2 aromatic heterocycles. The molecular weight excluding hydrogens is 431 g/mol. The van der Waals surface area contributed by atoms with Crippen molar-refractivity contribution in [3.8, 4) is 5.88 Å². The monoisotopic (exact) mass is 458 g/mol. The first kappa shape index (κ1) is 21.2. The summed E-state index contributed by atoms with van der Waals surface area (Å²) in [6.07, 6.45) is 1.71. The first-order valence-corrected chi connectivity index (χ1v) is 8.06. The number of halogens is 1. The topological polar surface area (TPSA) is 76.4 Å². The van der Waals surface area contributed by atoms with Crippen molar-refractivity contribution in [2.75, 3.05) is 13.7 Å². The average molecular weight is 458 g/mol. The zero-order valence-electron chi connectivity index (χ0n) is 15.5. The molecule has 0 unspecified atom stereocenters. The van der Waals surface area contributed by atoms with Crippen molar-refractivity contribution in [3.63, 3.8) is 0 Å². The van der Waals surface area contributed by atoms with Crippen LogP contribution >= 0.6 is 24.0 Å². The van der Waals surface area contributed by atoms with E-state index in [2.05, 4.69) is 32.6 Å².